The van der Waals surface area contributed by atoms with Crippen molar-refractivity contribution in [3.05, 3.63) is 417 Å². The summed E-state index contributed by atoms with van der Waals surface area (Å²) in [5.74, 6) is 0.534. The number of hydrogen-bond donors (Lipinski definition) is 2. The number of nitrogens with zero attached hydrogens (tertiary/aromatic N) is 1. The van der Waals surface area contributed by atoms with E-state index in [0.29, 0.717) is 12.5 Å². The number of carboxylic acid groups (broad SMARTS) is 1. The Balaban J connectivity index is 0.000000132. The van der Waals surface area contributed by atoms with Gasteiger partial charge in [-0.1, -0.05) is 394 Å². The van der Waals surface area contributed by atoms with Gasteiger partial charge in [0.05, 0.1) is 0 Å². The largest absolute Gasteiger partial charge is 0.465 e. The summed E-state index contributed by atoms with van der Waals surface area (Å²) in [4.78, 5) is 23.1. The number of pyridine rings is 1. The summed E-state index contributed by atoms with van der Waals surface area (Å²) < 4.78 is 1.62. The van der Waals surface area contributed by atoms with Crippen LogP contribution in [0.3, 0.4) is 0 Å². The van der Waals surface area contributed by atoms with Gasteiger partial charge in [0.25, 0.3) is 5.56 Å². The Kier molecular flexibility index (Phi) is 27.9. The number of rotatable bonds is 16. The van der Waals surface area contributed by atoms with Crippen LogP contribution in [0.5, 0.6) is 0 Å². The zero-order chi connectivity index (χ0) is 66.5. The molecule has 10 heteroatoms. The first-order chi connectivity index (χ1) is 47.9. The number of carbonyl (C=O) groups is 1. The molecule has 1 fully saturated rings. The van der Waals surface area contributed by atoms with Gasteiger partial charge in [-0.25, -0.2) is 4.79 Å². The Morgan fingerprint density at radius 2 is 0.490 bits per heavy atom. The van der Waals surface area contributed by atoms with E-state index in [0.717, 1.165) is 24.0 Å². The third-order valence-corrected chi connectivity index (χ3v) is 25.5. The van der Waals surface area contributed by atoms with Crippen LogP contribution >= 0.6 is 31.7 Å². The molecule has 14 aromatic rings. The predicted octanol–water partition coefficient (Wildman–Crippen LogP) is 16.8. The normalized spacial score (nSPS) is 11.2. The van der Waals surface area contributed by atoms with E-state index in [1.54, 1.807) is 10.6 Å². The fourth-order valence-electron chi connectivity index (χ4n) is 11.1. The molecule has 1 saturated carbocycles. The van der Waals surface area contributed by atoms with Gasteiger partial charge in [0, 0.05) is 38.7 Å². The fourth-order valence-corrected chi connectivity index (χ4v) is 20.3. The van der Waals surface area contributed by atoms with Gasteiger partial charge in [-0.2, -0.15) is 0 Å². The molecule has 1 aliphatic carbocycles. The van der Waals surface area contributed by atoms with E-state index in [1.165, 1.54) is 63.7 Å². The number of hydrogen-bond acceptors (Lipinski definition) is 2. The van der Waals surface area contributed by atoms with Gasteiger partial charge in [0.2, 0.25) is 0 Å². The van der Waals surface area contributed by atoms with Crippen molar-refractivity contribution in [2.45, 2.75) is 19.4 Å². The first-order valence-corrected chi connectivity index (χ1v) is 37.9. The molecule has 0 atom stereocenters. The van der Waals surface area contributed by atoms with Crippen molar-refractivity contribution in [1.82, 2.24) is 4.57 Å². The maximum Gasteiger partial charge on any atom is 0.409 e. The van der Waals surface area contributed by atoms with Crippen LogP contribution in [-0.2, 0) is 27.0 Å². The topological polar surface area (TPSA) is 71.3 Å². The number of nitrogens with one attached hydrogen (secondary N) is 1. The second-order valence-electron chi connectivity index (χ2n) is 22.7. The van der Waals surface area contributed by atoms with Crippen LogP contribution in [-0.4, -0.2) is 15.8 Å². The standard InChI is InChI=1S/4C18H15P.C16H16N2O3.Pd/c4*1-4-10-16(11-5-1)19(17-12-6-2-7-13-17)18-14-8-3-9-15-18;19-15-14(17-16(20)21)8-13(12-4-2-1-3-5-12)10-18(15)9-11-6-7-11;/h4*1-15H;1-5,8,10-11,17H,6-7,9H2,(H,20,21);. The van der Waals surface area contributed by atoms with Crippen molar-refractivity contribution in [2.75, 3.05) is 5.32 Å². The van der Waals surface area contributed by atoms with Gasteiger partial charge in [-0.3, -0.25) is 10.1 Å². The molecule has 0 saturated heterocycles. The number of aromatic nitrogens is 1. The first kappa shape index (κ1) is 71.2. The summed E-state index contributed by atoms with van der Waals surface area (Å²) in [6.07, 6.45) is 2.84. The molecule has 1 aromatic heterocycles. The second-order valence-corrected chi connectivity index (χ2v) is 31.6. The fraction of sp³-hybridized carbons (Fsp3) is 0.0455. The number of benzene rings is 13. The molecule has 2 N–H and O–H groups in total. The molecule has 1 heterocycles. The van der Waals surface area contributed by atoms with Crippen molar-refractivity contribution in [3.8, 4) is 11.1 Å². The van der Waals surface area contributed by atoms with E-state index < -0.39 is 37.8 Å². The molecule has 0 spiro atoms. The third-order valence-electron chi connectivity index (χ3n) is 15.8. The smallest absolute Gasteiger partial charge is 0.409 e. The molecule has 0 unspecified atom stereocenters. The minimum Gasteiger partial charge on any atom is -0.465 e. The molecule has 0 bridgehead atoms. The van der Waals surface area contributed by atoms with Crippen molar-refractivity contribution >= 4 is 107 Å². The average Bonchev–Trinajstić information content (AvgIpc) is 1.39. The van der Waals surface area contributed by atoms with Crippen LogP contribution < -0.4 is 74.5 Å². The van der Waals surface area contributed by atoms with E-state index in [4.69, 9.17) is 5.11 Å². The molecular formula is C88H76N2O3P4Pd. The van der Waals surface area contributed by atoms with Crippen molar-refractivity contribution in [2.24, 2.45) is 5.92 Å². The van der Waals surface area contributed by atoms with E-state index in [2.05, 4.69) is 369 Å². The van der Waals surface area contributed by atoms with Gasteiger partial charge in [0.15, 0.2) is 0 Å². The van der Waals surface area contributed by atoms with Crippen LogP contribution in [0.2, 0.25) is 0 Å². The van der Waals surface area contributed by atoms with Crippen molar-refractivity contribution < 1.29 is 30.3 Å². The van der Waals surface area contributed by atoms with E-state index in [-0.39, 0.29) is 31.7 Å². The van der Waals surface area contributed by atoms with E-state index in [1.807, 2.05) is 36.5 Å². The molecule has 1 amide bonds. The summed E-state index contributed by atoms with van der Waals surface area (Å²) in [6, 6.07) is 141. The average molecular weight is 1440 g/mol. The van der Waals surface area contributed by atoms with Crippen molar-refractivity contribution in [1.29, 1.82) is 0 Å². The zero-order valence-electron chi connectivity index (χ0n) is 54.2. The molecule has 0 radical (unpaired) electrons. The number of anilines is 1. The molecule has 15 rings (SSSR count). The molecule has 486 valence electrons. The first-order valence-electron chi connectivity index (χ1n) is 32.5. The Morgan fingerprint density at radius 1 is 0.306 bits per heavy atom. The molecule has 98 heavy (non-hydrogen) atoms. The molecule has 0 aliphatic heterocycles. The van der Waals surface area contributed by atoms with Gasteiger partial charge < -0.3 is 9.67 Å². The van der Waals surface area contributed by atoms with Crippen LogP contribution in [0.1, 0.15) is 12.8 Å². The third kappa shape index (κ3) is 21.0. The minimum atomic E-state index is -1.23. The maximum atomic E-state index is 12.3. The Bertz CT molecular complexity index is 3760. The van der Waals surface area contributed by atoms with Crippen LogP contribution in [0.25, 0.3) is 11.1 Å². The Morgan fingerprint density at radius 3 is 0.663 bits per heavy atom. The monoisotopic (exact) mass is 1440 g/mol. The summed E-state index contributed by atoms with van der Waals surface area (Å²) in [5.41, 5.74) is 1.60. The van der Waals surface area contributed by atoms with E-state index in [9.17, 15) is 9.59 Å². The maximum absolute atomic E-state index is 12.3. The van der Waals surface area contributed by atoms with Crippen LogP contribution in [0, 0.1) is 5.92 Å². The Labute approximate surface area is 596 Å². The quantitative estimate of drug-likeness (QED) is 0.0748. The van der Waals surface area contributed by atoms with Gasteiger partial charge >= 0.3 is 6.09 Å². The summed E-state index contributed by atoms with van der Waals surface area (Å²) in [6.45, 7) is 0.647. The van der Waals surface area contributed by atoms with Gasteiger partial charge in [0.1, 0.15) is 5.69 Å². The molecular weight excluding hydrogens is 1360 g/mol. The Hall–Kier alpha value is -9.54. The summed E-state index contributed by atoms with van der Waals surface area (Å²) >= 11 is 0. The van der Waals surface area contributed by atoms with Crippen molar-refractivity contribution in [3.63, 3.8) is 0 Å². The van der Waals surface area contributed by atoms with Gasteiger partial charge in [-0.05, 0) is 126 Å². The predicted molar refractivity (Wildman–Crippen MR) is 421 cm³/mol. The van der Waals surface area contributed by atoms with E-state index >= 15 is 0 Å². The molecule has 1 aliphatic rings. The molecule has 13 aromatic carbocycles. The second kappa shape index (κ2) is 38.4. The summed E-state index contributed by atoms with van der Waals surface area (Å²) in [7, 11) is -1.78. The van der Waals surface area contributed by atoms with Crippen LogP contribution in [0.15, 0.2) is 411 Å². The van der Waals surface area contributed by atoms with Crippen LogP contribution in [0.4, 0.5) is 10.5 Å². The number of amides is 1. The SMILES string of the molecule is O=C(O)Nc1cc(-c2ccccc2)cn(CC2CC2)c1=O.[Pd].c1ccc(P(c2ccccc2)c2ccccc2)cc1.c1ccc(P(c2ccccc2)c2ccccc2)cc1.c1ccc(P(c2ccccc2)c2ccccc2)cc1.c1ccc(P(c2ccccc2)c2ccccc2)cc1. The summed E-state index contributed by atoms with van der Waals surface area (Å²) in [5, 5.41) is 27.9. The molecule has 5 nitrogen and oxygen atoms in total. The van der Waals surface area contributed by atoms with Gasteiger partial charge in [-0.15, -0.1) is 0 Å². The zero-order valence-corrected chi connectivity index (χ0v) is 59.3. The minimum absolute atomic E-state index is 0.